The van der Waals surface area contributed by atoms with Gasteiger partial charge in [-0.05, 0) is 52.7 Å². The van der Waals surface area contributed by atoms with Gasteiger partial charge < -0.3 is 20.1 Å². The number of aliphatic imine (C=N–C) groups is 1. The molecule has 8 heteroatoms. The number of hydrogen-bond donors (Lipinski definition) is 2. The summed E-state index contributed by atoms with van der Waals surface area (Å²) in [5.74, 6) is 2.94. The lowest BCUT2D eigenvalue weighted by Crippen LogP contribution is -2.42. The Morgan fingerprint density at radius 3 is 2.73 bits per heavy atom. The van der Waals surface area contributed by atoms with E-state index in [0.29, 0.717) is 12.6 Å². The predicted molar refractivity (Wildman–Crippen MR) is 118 cm³/mol. The van der Waals surface area contributed by atoms with Gasteiger partial charge in [-0.2, -0.15) is 0 Å². The highest BCUT2D eigenvalue weighted by molar-refractivity contribution is 14.0. The van der Waals surface area contributed by atoms with Crippen molar-refractivity contribution in [1.29, 1.82) is 0 Å². The molecule has 0 saturated heterocycles. The van der Waals surface area contributed by atoms with E-state index in [0.717, 1.165) is 56.6 Å². The molecule has 7 nitrogen and oxygen atoms in total. The molecule has 1 atom stereocenters. The first-order chi connectivity index (χ1) is 12.2. The van der Waals surface area contributed by atoms with Crippen molar-refractivity contribution in [2.75, 3.05) is 26.2 Å². The summed E-state index contributed by atoms with van der Waals surface area (Å²) in [5.41, 5.74) is 0. The Balaban J connectivity index is 0.00000338. The minimum Gasteiger partial charge on any atom is -0.357 e. The van der Waals surface area contributed by atoms with Crippen LogP contribution in [0.15, 0.2) is 4.99 Å². The summed E-state index contributed by atoms with van der Waals surface area (Å²) >= 11 is 0. The minimum atomic E-state index is 0. The summed E-state index contributed by atoms with van der Waals surface area (Å²) in [6.07, 6.45) is 4.55. The van der Waals surface area contributed by atoms with Crippen LogP contribution in [0.5, 0.6) is 0 Å². The topological polar surface area (TPSA) is 70.4 Å². The lowest BCUT2D eigenvalue weighted by Gasteiger charge is -2.21. The standard InChI is InChI=1S/C18H35N7.HI/c1-5-19-18(21-15(4)10-8-12-24(6-2)7-3)20-14-17-23-22-16-11-9-13-25(16)17;/h15H,5-14H2,1-4H3,(H2,19,20,21);1H. The molecule has 0 amide bonds. The number of halogens is 1. The van der Waals surface area contributed by atoms with Gasteiger partial charge in [0.2, 0.25) is 0 Å². The van der Waals surface area contributed by atoms with Crippen LogP contribution < -0.4 is 10.6 Å². The van der Waals surface area contributed by atoms with Crippen molar-refractivity contribution in [3.05, 3.63) is 11.6 Å². The molecule has 0 radical (unpaired) electrons. The third-order valence-corrected chi connectivity index (χ3v) is 4.80. The van der Waals surface area contributed by atoms with Gasteiger partial charge in [0.1, 0.15) is 12.4 Å². The summed E-state index contributed by atoms with van der Waals surface area (Å²) in [6.45, 7) is 14.7. The summed E-state index contributed by atoms with van der Waals surface area (Å²) in [6, 6.07) is 0.400. The Bertz CT molecular complexity index is 540. The second-order valence-electron chi connectivity index (χ2n) is 6.70. The molecule has 2 rings (SSSR count). The van der Waals surface area contributed by atoms with Crippen LogP contribution in [0.1, 0.15) is 58.6 Å². The zero-order valence-corrected chi connectivity index (χ0v) is 19.1. The van der Waals surface area contributed by atoms with Crippen molar-refractivity contribution in [2.45, 2.75) is 72.5 Å². The smallest absolute Gasteiger partial charge is 0.191 e. The third kappa shape index (κ3) is 7.02. The Labute approximate surface area is 175 Å². The lowest BCUT2D eigenvalue weighted by molar-refractivity contribution is 0.292. The van der Waals surface area contributed by atoms with Gasteiger partial charge in [-0.15, -0.1) is 34.2 Å². The van der Waals surface area contributed by atoms with E-state index in [9.17, 15) is 0 Å². The molecule has 0 bridgehead atoms. The van der Waals surface area contributed by atoms with Crippen LogP contribution in [0.3, 0.4) is 0 Å². The van der Waals surface area contributed by atoms with Gasteiger partial charge in [-0.1, -0.05) is 13.8 Å². The van der Waals surface area contributed by atoms with Gasteiger partial charge >= 0.3 is 0 Å². The van der Waals surface area contributed by atoms with Crippen LogP contribution in [0.25, 0.3) is 0 Å². The van der Waals surface area contributed by atoms with Crippen molar-refractivity contribution in [2.24, 2.45) is 4.99 Å². The molecule has 0 saturated carbocycles. The molecule has 0 aromatic carbocycles. The number of rotatable bonds is 10. The third-order valence-electron chi connectivity index (χ3n) is 4.80. The summed E-state index contributed by atoms with van der Waals surface area (Å²) < 4.78 is 2.21. The average Bonchev–Trinajstić information content (AvgIpc) is 3.21. The SMILES string of the molecule is CCNC(=NCc1nnc2n1CCC2)NC(C)CCCN(CC)CC.I. The van der Waals surface area contributed by atoms with E-state index in [1.807, 2.05) is 0 Å². The normalized spacial score (nSPS) is 14.9. The first kappa shape index (κ1) is 23.1. The molecule has 0 aliphatic carbocycles. The maximum absolute atomic E-state index is 4.71. The average molecular weight is 477 g/mol. The van der Waals surface area contributed by atoms with Crippen LogP contribution in [-0.2, 0) is 19.5 Å². The molecule has 1 aliphatic heterocycles. The molecule has 1 unspecified atom stereocenters. The van der Waals surface area contributed by atoms with Crippen molar-refractivity contribution in [1.82, 2.24) is 30.3 Å². The molecule has 0 spiro atoms. The molecular weight excluding hydrogens is 441 g/mol. The summed E-state index contributed by atoms with van der Waals surface area (Å²) in [7, 11) is 0. The fraction of sp³-hybridized carbons (Fsp3) is 0.833. The molecule has 1 aliphatic rings. The highest BCUT2D eigenvalue weighted by Crippen LogP contribution is 2.14. The maximum Gasteiger partial charge on any atom is 0.191 e. The van der Waals surface area contributed by atoms with E-state index >= 15 is 0 Å². The molecule has 2 N–H and O–H groups in total. The molecule has 0 fully saturated rings. The highest BCUT2D eigenvalue weighted by atomic mass is 127. The highest BCUT2D eigenvalue weighted by Gasteiger charge is 2.17. The zero-order chi connectivity index (χ0) is 18.1. The Kier molecular flexibility index (Phi) is 11.1. The van der Waals surface area contributed by atoms with Gasteiger partial charge in [-0.25, -0.2) is 4.99 Å². The Morgan fingerprint density at radius 1 is 1.27 bits per heavy atom. The number of guanidine groups is 1. The second kappa shape index (κ2) is 12.5. The predicted octanol–water partition coefficient (Wildman–Crippen LogP) is 2.41. The molecule has 1 aromatic rings. The van der Waals surface area contributed by atoms with Crippen molar-refractivity contribution in [3.8, 4) is 0 Å². The van der Waals surface area contributed by atoms with Gasteiger partial charge in [0.25, 0.3) is 0 Å². The Morgan fingerprint density at radius 2 is 2.04 bits per heavy atom. The van der Waals surface area contributed by atoms with Crippen LogP contribution >= 0.6 is 24.0 Å². The van der Waals surface area contributed by atoms with Crippen molar-refractivity contribution < 1.29 is 0 Å². The van der Waals surface area contributed by atoms with E-state index < -0.39 is 0 Å². The van der Waals surface area contributed by atoms with Crippen LogP contribution in [0, 0.1) is 0 Å². The van der Waals surface area contributed by atoms with Crippen molar-refractivity contribution in [3.63, 3.8) is 0 Å². The first-order valence-corrected chi connectivity index (χ1v) is 9.86. The second-order valence-corrected chi connectivity index (χ2v) is 6.70. The van der Waals surface area contributed by atoms with E-state index in [1.54, 1.807) is 0 Å². The number of hydrogen-bond acceptors (Lipinski definition) is 4. The molecule has 2 heterocycles. The molecule has 150 valence electrons. The number of aryl methyl sites for hydroxylation is 1. The quantitative estimate of drug-likeness (QED) is 0.308. The van der Waals surface area contributed by atoms with Gasteiger partial charge in [0.05, 0.1) is 0 Å². The van der Waals surface area contributed by atoms with Gasteiger partial charge in [0, 0.05) is 25.6 Å². The fourth-order valence-corrected chi connectivity index (χ4v) is 3.26. The summed E-state index contributed by atoms with van der Waals surface area (Å²) in [5, 5.41) is 15.4. The number of fused-ring (bicyclic) bond motifs is 1. The molecule has 1 aromatic heterocycles. The van der Waals surface area contributed by atoms with Gasteiger partial charge in [0.15, 0.2) is 11.8 Å². The number of nitrogens with zero attached hydrogens (tertiary/aromatic N) is 5. The Hall–Kier alpha value is -0.900. The van der Waals surface area contributed by atoms with Crippen LogP contribution in [0.2, 0.25) is 0 Å². The molecule has 26 heavy (non-hydrogen) atoms. The van der Waals surface area contributed by atoms with E-state index in [4.69, 9.17) is 4.99 Å². The minimum absolute atomic E-state index is 0. The fourth-order valence-electron chi connectivity index (χ4n) is 3.26. The number of aromatic nitrogens is 3. The van der Waals surface area contributed by atoms with Crippen molar-refractivity contribution >= 4 is 29.9 Å². The monoisotopic (exact) mass is 477 g/mol. The first-order valence-electron chi connectivity index (χ1n) is 9.86. The zero-order valence-electron chi connectivity index (χ0n) is 16.8. The van der Waals surface area contributed by atoms with Crippen LogP contribution in [0.4, 0.5) is 0 Å². The van der Waals surface area contributed by atoms with E-state index in [1.165, 1.54) is 19.4 Å². The van der Waals surface area contributed by atoms with E-state index in [-0.39, 0.29) is 24.0 Å². The largest absolute Gasteiger partial charge is 0.357 e. The van der Waals surface area contributed by atoms with Crippen LogP contribution in [-0.4, -0.2) is 57.8 Å². The molecular formula is C18H36IN7. The summed E-state index contributed by atoms with van der Waals surface area (Å²) in [4.78, 5) is 7.18. The lowest BCUT2D eigenvalue weighted by atomic mass is 10.2. The maximum atomic E-state index is 4.71. The number of nitrogens with one attached hydrogen (secondary N) is 2. The van der Waals surface area contributed by atoms with E-state index in [2.05, 4.69) is 58.0 Å². The van der Waals surface area contributed by atoms with Gasteiger partial charge in [-0.3, -0.25) is 0 Å².